The van der Waals surface area contributed by atoms with E-state index in [4.69, 9.17) is 42.6 Å². The Morgan fingerprint density at radius 2 is 0.593 bits per heavy atom. The van der Waals surface area contributed by atoms with Crippen molar-refractivity contribution in [2.75, 3.05) is 26.4 Å². The zero-order chi connectivity index (χ0) is 42.4. The molecule has 0 atom stereocenters. The first-order valence-corrected chi connectivity index (χ1v) is 17.9. The maximum Gasteiger partial charge on any atom is 0.513 e. The van der Waals surface area contributed by atoms with Crippen LogP contribution in [0.4, 0.5) is 9.59 Å². The van der Waals surface area contributed by atoms with Crippen LogP contribution in [-0.2, 0) is 28.5 Å². The molecule has 16 heteroatoms. The third-order valence-corrected chi connectivity index (χ3v) is 7.47. The van der Waals surface area contributed by atoms with Crippen molar-refractivity contribution in [1.82, 2.24) is 0 Å². The van der Waals surface area contributed by atoms with Crippen LogP contribution >= 0.6 is 0 Å². The second-order valence-corrected chi connectivity index (χ2v) is 11.8. The van der Waals surface area contributed by atoms with Crippen LogP contribution in [0.5, 0.6) is 28.7 Å². The number of hydrogen-bond donors (Lipinski definition) is 0. The van der Waals surface area contributed by atoms with Gasteiger partial charge in [0.15, 0.2) is 0 Å². The number of ether oxygens (including phenoxy) is 9. The Morgan fingerprint density at radius 1 is 0.356 bits per heavy atom. The minimum atomic E-state index is -0.937. The predicted molar refractivity (Wildman–Crippen MR) is 205 cm³/mol. The Labute approximate surface area is 337 Å². The predicted octanol–water partition coefficient (Wildman–Crippen LogP) is 7.39. The van der Waals surface area contributed by atoms with Gasteiger partial charge in [-0.3, -0.25) is 0 Å². The Bertz CT molecular complexity index is 2090. The van der Waals surface area contributed by atoms with E-state index in [1.165, 1.54) is 97.1 Å². The average Bonchev–Trinajstić information content (AvgIpc) is 3.24. The number of hydrogen-bond acceptors (Lipinski definition) is 16. The quantitative estimate of drug-likeness (QED) is 0.0213. The highest BCUT2D eigenvalue weighted by Crippen LogP contribution is 2.22. The SMILES string of the molecule is C=CC(=O)OCCCCOC(=O)Oc1ccc(C(=O)Oc2ccc(OC(=O)c3ccc(OC(=O)c4ccc(OC(=O)OCCCCOC(=O)C=C)cc4)cc3)cc2)cc1. The molecule has 0 aromatic heterocycles. The Kier molecular flexibility index (Phi) is 17.4. The van der Waals surface area contributed by atoms with Crippen molar-refractivity contribution in [1.29, 1.82) is 0 Å². The summed E-state index contributed by atoms with van der Waals surface area (Å²) in [6, 6.07) is 22.5. The van der Waals surface area contributed by atoms with E-state index in [0.717, 1.165) is 12.2 Å². The van der Waals surface area contributed by atoms with Gasteiger partial charge < -0.3 is 42.6 Å². The highest BCUT2D eigenvalue weighted by atomic mass is 16.7. The van der Waals surface area contributed by atoms with Gasteiger partial charge in [0.05, 0.1) is 43.1 Å². The molecule has 0 aliphatic carbocycles. The van der Waals surface area contributed by atoms with Crippen LogP contribution in [0.3, 0.4) is 0 Å². The fourth-order valence-corrected chi connectivity index (χ4v) is 4.48. The summed E-state index contributed by atoms with van der Waals surface area (Å²) in [5.74, 6) is -2.39. The molecule has 4 aromatic rings. The minimum absolute atomic E-state index is 0.0571. The van der Waals surface area contributed by atoms with Gasteiger partial charge in [0.25, 0.3) is 0 Å². The van der Waals surface area contributed by atoms with E-state index in [1.54, 1.807) is 0 Å². The molecule has 0 N–H and O–H groups in total. The Balaban J connectivity index is 1.15. The van der Waals surface area contributed by atoms with E-state index in [0.29, 0.717) is 25.7 Å². The lowest BCUT2D eigenvalue weighted by molar-refractivity contribution is -0.138. The van der Waals surface area contributed by atoms with Gasteiger partial charge >= 0.3 is 42.2 Å². The molecule has 0 fully saturated rings. The van der Waals surface area contributed by atoms with Gasteiger partial charge in [0, 0.05) is 12.2 Å². The highest BCUT2D eigenvalue weighted by molar-refractivity contribution is 5.93. The van der Waals surface area contributed by atoms with E-state index in [-0.39, 0.29) is 71.9 Å². The van der Waals surface area contributed by atoms with E-state index in [1.807, 2.05) is 0 Å². The first kappa shape index (κ1) is 44.0. The van der Waals surface area contributed by atoms with E-state index in [9.17, 15) is 33.6 Å². The van der Waals surface area contributed by atoms with Crippen molar-refractivity contribution >= 4 is 42.2 Å². The summed E-state index contributed by atoms with van der Waals surface area (Å²) in [5, 5.41) is 0. The molecule has 0 bridgehead atoms. The van der Waals surface area contributed by atoms with Crippen molar-refractivity contribution in [3.05, 3.63) is 139 Å². The van der Waals surface area contributed by atoms with Gasteiger partial charge in [0.2, 0.25) is 0 Å². The number of carbonyl (C=O) groups excluding carboxylic acids is 7. The first-order valence-electron chi connectivity index (χ1n) is 17.9. The minimum Gasteiger partial charge on any atom is -0.463 e. The Morgan fingerprint density at radius 3 is 0.864 bits per heavy atom. The second kappa shape index (κ2) is 23.3. The summed E-state index contributed by atoms with van der Waals surface area (Å²) in [7, 11) is 0. The van der Waals surface area contributed by atoms with E-state index >= 15 is 0 Å². The van der Waals surface area contributed by atoms with Crippen molar-refractivity contribution < 1.29 is 76.2 Å². The van der Waals surface area contributed by atoms with Crippen molar-refractivity contribution in [2.24, 2.45) is 0 Å². The van der Waals surface area contributed by atoms with Crippen LogP contribution < -0.4 is 23.7 Å². The molecule has 0 saturated heterocycles. The normalized spacial score (nSPS) is 10.2. The van der Waals surface area contributed by atoms with Crippen molar-refractivity contribution in [3.63, 3.8) is 0 Å². The molecule has 16 nitrogen and oxygen atoms in total. The molecule has 0 amide bonds. The molecule has 0 aliphatic heterocycles. The van der Waals surface area contributed by atoms with Crippen LogP contribution in [-0.4, -0.2) is 68.6 Å². The molecule has 4 aromatic carbocycles. The smallest absolute Gasteiger partial charge is 0.463 e. The largest absolute Gasteiger partial charge is 0.513 e. The number of unbranched alkanes of at least 4 members (excludes halogenated alkanes) is 2. The number of benzene rings is 4. The molecule has 0 saturated carbocycles. The lowest BCUT2D eigenvalue weighted by atomic mass is 10.2. The molecular weight excluding hydrogens is 772 g/mol. The molecule has 0 radical (unpaired) electrons. The monoisotopic (exact) mass is 810 g/mol. The van der Waals surface area contributed by atoms with Crippen LogP contribution in [0, 0.1) is 0 Å². The third-order valence-electron chi connectivity index (χ3n) is 7.47. The maximum atomic E-state index is 12.7. The van der Waals surface area contributed by atoms with Crippen LogP contribution in [0.15, 0.2) is 122 Å². The molecule has 59 heavy (non-hydrogen) atoms. The first-order chi connectivity index (χ1) is 28.5. The van der Waals surface area contributed by atoms with Crippen LogP contribution in [0.1, 0.15) is 56.8 Å². The van der Waals surface area contributed by atoms with Gasteiger partial charge in [-0.2, -0.15) is 0 Å². The Hall–Kier alpha value is -7.75. The zero-order valence-corrected chi connectivity index (χ0v) is 31.5. The summed E-state index contributed by atoms with van der Waals surface area (Å²) in [4.78, 5) is 83.8. The summed E-state index contributed by atoms with van der Waals surface area (Å²) < 4.78 is 45.9. The van der Waals surface area contributed by atoms with Gasteiger partial charge in [-0.25, -0.2) is 33.6 Å². The second-order valence-electron chi connectivity index (χ2n) is 11.8. The standard InChI is InChI=1S/C43H38O16/c1-3-37(44)51-25-5-7-27-53-42(49)58-35-17-11-30(12-18-35)39(46)55-32-15-9-29(10-16-32)40(47)56-33-21-23-34(24-22-33)57-41(48)31-13-19-36(20-14-31)59-43(50)54-28-8-6-26-52-38(45)4-2/h3-4,9-24H,1-2,5-8,25-28H2. The molecular formula is C43H38O16. The van der Waals surface area contributed by atoms with Gasteiger partial charge in [0.1, 0.15) is 28.7 Å². The van der Waals surface area contributed by atoms with Crippen molar-refractivity contribution in [2.45, 2.75) is 25.7 Å². The summed E-state index contributed by atoms with van der Waals surface area (Å²) in [6.07, 6.45) is 2.12. The summed E-state index contributed by atoms with van der Waals surface area (Å²) in [6.45, 7) is 7.05. The number of rotatable bonds is 20. The highest BCUT2D eigenvalue weighted by Gasteiger charge is 2.15. The van der Waals surface area contributed by atoms with E-state index < -0.39 is 42.2 Å². The fourth-order valence-electron chi connectivity index (χ4n) is 4.48. The molecule has 0 heterocycles. The zero-order valence-electron chi connectivity index (χ0n) is 31.5. The average molecular weight is 811 g/mol. The molecule has 4 rings (SSSR count). The molecule has 0 spiro atoms. The van der Waals surface area contributed by atoms with Gasteiger partial charge in [-0.1, -0.05) is 13.2 Å². The topological polar surface area (TPSA) is 203 Å². The molecule has 0 aliphatic rings. The van der Waals surface area contributed by atoms with Crippen LogP contribution in [0.25, 0.3) is 0 Å². The fraction of sp³-hybridized carbons (Fsp3) is 0.186. The lowest BCUT2D eigenvalue weighted by Gasteiger charge is -2.09. The van der Waals surface area contributed by atoms with E-state index in [2.05, 4.69) is 13.2 Å². The summed E-state index contributed by atoms with van der Waals surface area (Å²) >= 11 is 0. The summed E-state index contributed by atoms with van der Waals surface area (Å²) in [5.41, 5.74) is 0.493. The van der Waals surface area contributed by atoms with Crippen LogP contribution in [0.2, 0.25) is 0 Å². The van der Waals surface area contributed by atoms with Gasteiger partial charge in [-0.05, 0) is 123 Å². The number of esters is 5. The van der Waals surface area contributed by atoms with Gasteiger partial charge in [-0.15, -0.1) is 0 Å². The van der Waals surface area contributed by atoms with Crippen molar-refractivity contribution in [3.8, 4) is 28.7 Å². The maximum absolute atomic E-state index is 12.7. The number of carbonyl (C=O) groups is 7. The third kappa shape index (κ3) is 15.7. The molecule has 0 unspecified atom stereocenters. The molecule has 306 valence electrons. The lowest BCUT2D eigenvalue weighted by Crippen LogP contribution is -2.13.